The van der Waals surface area contributed by atoms with E-state index in [0.717, 1.165) is 29.7 Å². The zero-order chi connectivity index (χ0) is 47.6. The normalized spacial score (nSPS) is 12.5. The first-order valence-corrected chi connectivity index (χ1v) is 24.0. The maximum absolute atomic E-state index is 13.9. The molecule has 0 bridgehead atoms. The van der Waals surface area contributed by atoms with Crippen molar-refractivity contribution in [3.8, 4) is 17.2 Å². The minimum Gasteiger partial charge on any atom is -0.493 e. The molecule has 0 radical (unpaired) electrons. The number of carbonyl (C=O) groups is 3. The Morgan fingerprint density at radius 1 is 0.692 bits per heavy atom. The fourth-order valence-corrected chi connectivity index (χ4v) is 8.27. The number of carbonyl (C=O) groups excluding carboxylic acids is 3. The second-order valence-electron chi connectivity index (χ2n) is 18.8. The maximum atomic E-state index is 13.9. The number of benzene rings is 5. The van der Waals surface area contributed by atoms with E-state index < -0.39 is 33.0 Å². The third-order valence-corrected chi connectivity index (χ3v) is 13.7. The Bertz CT molecular complexity index is 2530. The quantitative estimate of drug-likeness (QED) is 0.0548. The van der Waals surface area contributed by atoms with E-state index in [-0.39, 0.29) is 55.8 Å². The fraction of sp³-hybridized carbons (Fsp3) is 0.377. The number of ketones is 1. The molecule has 0 aliphatic heterocycles. The van der Waals surface area contributed by atoms with Gasteiger partial charge in [0, 0.05) is 24.1 Å². The average molecular weight is 924 g/mol. The monoisotopic (exact) mass is 922 g/mol. The molecule has 0 saturated carbocycles. The SMILES string of the molecule is CCC(C)(C)c1ccc(OCCCC(=O)Nc2ccc(Cl)c(NC(=O)C(Oc3ccc(S(=O)(=O)c4ccc(OCc5ccccc5)cc4)cc3)C(=O)CC(C)(C)C)c2)c(C(C)(C)CC)c1. The van der Waals surface area contributed by atoms with Crippen molar-refractivity contribution < 1.29 is 37.0 Å². The Labute approximate surface area is 390 Å². The Hall–Kier alpha value is -5.65. The molecular formula is C53H63ClN2O8S. The van der Waals surface area contributed by atoms with Crippen LogP contribution in [0.15, 0.2) is 125 Å². The molecule has 0 spiro atoms. The molecule has 10 nitrogen and oxygen atoms in total. The number of halogens is 1. The number of nitrogens with one attached hydrogen (secondary N) is 2. The van der Waals surface area contributed by atoms with E-state index in [1.807, 2.05) is 57.2 Å². The lowest BCUT2D eigenvalue weighted by atomic mass is 9.76. The molecule has 0 heterocycles. The van der Waals surface area contributed by atoms with Crippen molar-refractivity contribution in [3.05, 3.63) is 137 Å². The van der Waals surface area contributed by atoms with E-state index in [2.05, 4.69) is 64.3 Å². The van der Waals surface area contributed by atoms with Gasteiger partial charge in [0.1, 0.15) is 23.9 Å². The van der Waals surface area contributed by atoms with E-state index in [4.69, 9.17) is 25.8 Å². The van der Waals surface area contributed by atoms with Crippen LogP contribution in [0.4, 0.5) is 11.4 Å². The molecule has 12 heteroatoms. The van der Waals surface area contributed by atoms with Gasteiger partial charge in [0.2, 0.25) is 21.8 Å². The van der Waals surface area contributed by atoms with Crippen molar-refractivity contribution in [2.45, 2.75) is 128 Å². The summed E-state index contributed by atoms with van der Waals surface area (Å²) >= 11 is 6.51. The number of rotatable bonds is 21. The van der Waals surface area contributed by atoms with Crippen molar-refractivity contribution in [2.24, 2.45) is 5.41 Å². The summed E-state index contributed by atoms with van der Waals surface area (Å²) in [4.78, 5) is 40.6. The Morgan fingerprint density at radius 2 is 1.31 bits per heavy atom. The summed E-state index contributed by atoms with van der Waals surface area (Å²) in [5.41, 5.74) is 3.43. The van der Waals surface area contributed by atoms with Crippen LogP contribution in [0.25, 0.3) is 0 Å². The second-order valence-corrected chi connectivity index (χ2v) is 21.1. The van der Waals surface area contributed by atoms with Gasteiger partial charge in [-0.05, 0) is 119 Å². The largest absolute Gasteiger partial charge is 0.493 e. The predicted octanol–water partition coefficient (Wildman–Crippen LogP) is 12.3. The predicted molar refractivity (Wildman–Crippen MR) is 259 cm³/mol. The first kappa shape index (κ1) is 50.4. The zero-order valence-electron chi connectivity index (χ0n) is 39.0. The van der Waals surface area contributed by atoms with Crippen LogP contribution in [0.3, 0.4) is 0 Å². The molecule has 1 unspecified atom stereocenters. The van der Waals surface area contributed by atoms with Crippen LogP contribution in [0.1, 0.15) is 111 Å². The van der Waals surface area contributed by atoms with Crippen LogP contribution >= 0.6 is 11.6 Å². The van der Waals surface area contributed by atoms with E-state index in [1.165, 1.54) is 54.1 Å². The topological polar surface area (TPSA) is 137 Å². The van der Waals surface area contributed by atoms with Gasteiger partial charge in [-0.3, -0.25) is 14.4 Å². The van der Waals surface area contributed by atoms with Gasteiger partial charge >= 0.3 is 0 Å². The Kier molecular flexibility index (Phi) is 16.7. The highest BCUT2D eigenvalue weighted by atomic mass is 35.5. The number of hydrogen-bond acceptors (Lipinski definition) is 8. The molecule has 1 atom stereocenters. The van der Waals surface area contributed by atoms with Gasteiger partial charge < -0.3 is 24.8 Å². The summed E-state index contributed by atoms with van der Waals surface area (Å²) in [6.45, 7) is 19.6. The molecule has 0 aliphatic rings. The third-order valence-electron chi connectivity index (χ3n) is 11.6. The van der Waals surface area contributed by atoms with Crippen LogP contribution in [0, 0.1) is 5.41 Å². The van der Waals surface area contributed by atoms with Gasteiger partial charge in [-0.25, -0.2) is 8.42 Å². The molecule has 5 aromatic rings. The van der Waals surface area contributed by atoms with Crippen LogP contribution in [0.2, 0.25) is 5.02 Å². The smallest absolute Gasteiger partial charge is 0.273 e. The molecule has 5 aromatic carbocycles. The number of amides is 2. The lowest BCUT2D eigenvalue weighted by molar-refractivity contribution is -0.136. The highest BCUT2D eigenvalue weighted by molar-refractivity contribution is 7.91. The molecule has 2 amide bonds. The van der Waals surface area contributed by atoms with E-state index in [9.17, 15) is 22.8 Å². The zero-order valence-corrected chi connectivity index (χ0v) is 40.6. The molecule has 0 aromatic heterocycles. The summed E-state index contributed by atoms with van der Waals surface area (Å²) in [6, 6.07) is 32.4. The Balaban J connectivity index is 1.21. The molecule has 0 saturated heterocycles. The first-order valence-electron chi connectivity index (χ1n) is 22.1. The fourth-order valence-electron chi connectivity index (χ4n) is 6.84. The van der Waals surface area contributed by atoms with Crippen molar-refractivity contribution in [3.63, 3.8) is 0 Å². The molecule has 5 rings (SSSR count). The molecule has 65 heavy (non-hydrogen) atoms. The van der Waals surface area contributed by atoms with Gasteiger partial charge in [-0.15, -0.1) is 0 Å². The van der Waals surface area contributed by atoms with Crippen LogP contribution in [0.5, 0.6) is 17.2 Å². The van der Waals surface area contributed by atoms with Gasteiger partial charge in [0.05, 0.1) is 27.1 Å². The lowest BCUT2D eigenvalue weighted by Crippen LogP contribution is -2.41. The molecule has 2 N–H and O–H groups in total. The minimum atomic E-state index is -3.92. The number of hydrogen-bond donors (Lipinski definition) is 2. The van der Waals surface area contributed by atoms with Crippen molar-refractivity contribution in [1.29, 1.82) is 0 Å². The van der Waals surface area contributed by atoms with Gasteiger partial charge in [0.15, 0.2) is 5.78 Å². The van der Waals surface area contributed by atoms with Crippen LogP contribution < -0.4 is 24.8 Å². The van der Waals surface area contributed by atoms with Crippen LogP contribution in [-0.4, -0.2) is 38.7 Å². The van der Waals surface area contributed by atoms with Crippen molar-refractivity contribution >= 4 is 50.4 Å². The molecule has 0 fully saturated rings. The highest BCUT2D eigenvalue weighted by Crippen LogP contribution is 2.39. The van der Waals surface area contributed by atoms with E-state index in [0.29, 0.717) is 31.1 Å². The maximum Gasteiger partial charge on any atom is 0.273 e. The summed E-state index contributed by atoms with van der Waals surface area (Å²) in [5.74, 6) is -0.0777. The number of sulfone groups is 1. The molecule has 0 aliphatic carbocycles. The number of Topliss-reactive ketones (excluding diaryl/α,β-unsaturated/α-hetero) is 1. The average Bonchev–Trinajstić information content (AvgIpc) is 3.27. The highest BCUT2D eigenvalue weighted by Gasteiger charge is 2.33. The van der Waals surface area contributed by atoms with Gasteiger partial charge in [0.25, 0.3) is 5.91 Å². The summed E-state index contributed by atoms with van der Waals surface area (Å²) < 4.78 is 45.1. The first-order chi connectivity index (χ1) is 30.6. The molecule has 346 valence electrons. The summed E-state index contributed by atoms with van der Waals surface area (Å²) in [6.07, 6.45) is 1.02. The summed E-state index contributed by atoms with van der Waals surface area (Å²) in [5, 5.41) is 5.75. The van der Waals surface area contributed by atoms with Crippen molar-refractivity contribution in [2.75, 3.05) is 17.2 Å². The third kappa shape index (κ3) is 13.9. The standard InChI is InChI=1S/C53H63ClN2O8S/c1-10-52(6,7)37-19-30-47(43(32-37)53(8,9)11-2)62-31-15-18-48(58)55-38-20-29-44(54)45(33-38)56-50(59)49(46(57)34-51(3,4)5)64-40-23-27-42(28-24-40)65(60,61)41-25-21-39(22-26-41)63-35-36-16-13-12-14-17-36/h12-14,16-17,19-30,32-33,49H,10-11,15,18,31,34-35H2,1-9H3,(H,55,58)(H,56,59). The van der Waals surface area contributed by atoms with Crippen LogP contribution in [-0.2, 0) is 41.7 Å². The Morgan fingerprint density at radius 3 is 1.91 bits per heavy atom. The number of ether oxygens (including phenoxy) is 3. The van der Waals surface area contributed by atoms with Gasteiger partial charge in [-0.1, -0.05) is 116 Å². The van der Waals surface area contributed by atoms with Crippen molar-refractivity contribution in [1.82, 2.24) is 0 Å². The summed E-state index contributed by atoms with van der Waals surface area (Å²) in [7, 11) is -3.92. The van der Waals surface area contributed by atoms with E-state index in [1.54, 1.807) is 18.2 Å². The van der Waals surface area contributed by atoms with E-state index >= 15 is 0 Å². The second kappa shape index (κ2) is 21.6. The molecular weight excluding hydrogens is 860 g/mol. The minimum absolute atomic E-state index is 0.00515. The lowest BCUT2D eigenvalue weighted by Gasteiger charge is -2.30. The van der Waals surface area contributed by atoms with Gasteiger partial charge in [-0.2, -0.15) is 0 Å². The number of anilines is 2.